The highest BCUT2D eigenvalue weighted by molar-refractivity contribution is 6.11. The Bertz CT molecular complexity index is 837. The van der Waals surface area contributed by atoms with Crippen LogP contribution >= 0.6 is 0 Å². The molecule has 6 heteroatoms. The molecule has 0 radical (unpaired) electrons. The molecular weight excluding hydrogens is 282 g/mol. The Morgan fingerprint density at radius 1 is 1.14 bits per heavy atom. The number of aromatic nitrogens is 2. The van der Waals surface area contributed by atoms with Crippen LogP contribution in [0.5, 0.6) is 0 Å². The van der Waals surface area contributed by atoms with E-state index >= 15 is 0 Å². The fraction of sp³-hybridized carbons (Fsp3) is 0.0625. The second-order valence-corrected chi connectivity index (χ2v) is 4.66. The number of anilines is 1. The molecule has 2 N–H and O–H groups in total. The second-order valence-electron chi connectivity index (χ2n) is 4.66. The number of carbonyl (C=O) groups is 2. The molecule has 0 bridgehead atoms. The molecule has 1 amide bonds. The quantitative estimate of drug-likeness (QED) is 0.727. The van der Waals surface area contributed by atoms with E-state index in [2.05, 4.69) is 20.3 Å². The lowest BCUT2D eigenvalue weighted by Crippen LogP contribution is -2.12. The number of hydrogen-bond acceptors (Lipinski definition) is 4. The zero-order valence-electron chi connectivity index (χ0n) is 11.8. The normalized spacial score (nSPS) is 10.4. The number of amides is 1. The van der Waals surface area contributed by atoms with Crippen molar-refractivity contribution < 1.29 is 14.3 Å². The van der Waals surface area contributed by atoms with Crippen molar-refractivity contribution in [2.24, 2.45) is 0 Å². The van der Waals surface area contributed by atoms with Gasteiger partial charge in [0.15, 0.2) is 0 Å². The minimum Gasteiger partial charge on any atom is -0.465 e. The van der Waals surface area contributed by atoms with Crippen molar-refractivity contribution in [3.63, 3.8) is 0 Å². The number of aromatic amines is 1. The van der Waals surface area contributed by atoms with Crippen LogP contribution in [0.2, 0.25) is 0 Å². The first-order valence-electron chi connectivity index (χ1n) is 6.61. The van der Waals surface area contributed by atoms with Crippen LogP contribution < -0.4 is 5.32 Å². The lowest BCUT2D eigenvalue weighted by Gasteiger charge is -2.07. The summed E-state index contributed by atoms with van der Waals surface area (Å²) in [4.78, 5) is 23.7. The van der Waals surface area contributed by atoms with E-state index in [-0.39, 0.29) is 5.91 Å². The van der Waals surface area contributed by atoms with Crippen molar-refractivity contribution in [3.8, 4) is 0 Å². The van der Waals surface area contributed by atoms with Crippen LogP contribution in [0.25, 0.3) is 10.9 Å². The fourth-order valence-corrected chi connectivity index (χ4v) is 2.16. The monoisotopic (exact) mass is 295 g/mol. The van der Waals surface area contributed by atoms with Gasteiger partial charge in [-0.3, -0.25) is 9.89 Å². The largest absolute Gasteiger partial charge is 0.465 e. The molecule has 0 aliphatic heterocycles. The van der Waals surface area contributed by atoms with Crippen LogP contribution in [0.4, 0.5) is 5.69 Å². The molecule has 0 saturated carbocycles. The summed E-state index contributed by atoms with van der Waals surface area (Å²) in [6.45, 7) is 0. The Morgan fingerprint density at radius 2 is 1.91 bits per heavy atom. The molecule has 0 spiro atoms. The molecule has 110 valence electrons. The first-order chi connectivity index (χ1) is 10.7. The van der Waals surface area contributed by atoms with Gasteiger partial charge in [0.25, 0.3) is 5.91 Å². The Kier molecular flexibility index (Phi) is 3.57. The van der Waals surface area contributed by atoms with E-state index in [0.29, 0.717) is 22.3 Å². The van der Waals surface area contributed by atoms with Crippen LogP contribution in [-0.2, 0) is 4.74 Å². The number of ether oxygens (including phenoxy) is 1. The maximum Gasteiger partial charge on any atom is 0.337 e. The van der Waals surface area contributed by atoms with Gasteiger partial charge in [0.05, 0.1) is 30.0 Å². The van der Waals surface area contributed by atoms with E-state index in [4.69, 9.17) is 0 Å². The third-order valence-corrected chi connectivity index (χ3v) is 3.29. The third kappa shape index (κ3) is 2.54. The summed E-state index contributed by atoms with van der Waals surface area (Å²) in [5.41, 5.74) is 2.21. The maximum atomic E-state index is 12.4. The standard InChI is InChI=1S/C16H13N3O3/c1-22-16(21)10-5-7-12(8-6-10)18-15(20)13-4-2-3-11-9-17-19-14(11)13/h2-9H,1H3,(H,17,19)(H,18,20). The summed E-state index contributed by atoms with van der Waals surface area (Å²) < 4.78 is 4.63. The lowest BCUT2D eigenvalue weighted by molar-refractivity contribution is 0.0600. The van der Waals surface area contributed by atoms with Crippen LogP contribution in [0.15, 0.2) is 48.7 Å². The number of hydrogen-bond donors (Lipinski definition) is 2. The summed E-state index contributed by atoms with van der Waals surface area (Å²) in [6, 6.07) is 11.9. The van der Waals surface area contributed by atoms with Gasteiger partial charge in [0.2, 0.25) is 0 Å². The van der Waals surface area contributed by atoms with Gasteiger partial charge in [0.1, 0.15) is 0 Å². The number of nitrogens with one attached hydrogen (secondary N) is 2. The summed E-state index contributed by atoms with van der Waals surface area (Å²) >= 11 is 0. The molecule has 3 aromatic rings. The van der Waals surface area contributed by atoms with Crippen molar-refractivity contribution in [2.75, 3.05) is 12.4 Å². The highest BCUT2D eigenvalue weighted by Crippen LogP contribution is 2.18. The van der Waals surface area contributed by atoms with Gasteiger partial charge in [0, 0.05) is 11.1 Å². The molecule has 0 fully saturated rings. The predicted octanol–water partition coefficient (Wildman–Crippen LogP) is 2.60. The average molecular weight is 295 g/mol. The lowest BCUT2D eigenvalue weighted by atomic mass is 10.1. The minimum atomic E-state index is -0.417. The summed E-state index contributed by atoms with van der Waals surface area (Å²) in [5.74, 6) is -0.666. The molecule has 0 saturated heterocycles. The van der Waals surface area contributed by atoms with Gasteiger partial charge >= 0.3 is 5.97 Å². The van der Waals surface area contributed by atoms with Gasteiger partial charge in [-0.05, 0) is 30.3 Å². The van der Waals surface area contributed by atoms with E-state index < -0.39 is 5.97 Å². The Hall–Kier alpha value is -3.15. The Labute approximate surface area is 126 Å². The van der Waals surface area contributed by atoms with Crippen molar-refractivity contribution in [1.29, 1.82) is 0 Å². The molecule has 2 aromatic carbocycles. The van der Waals surface area contributed by atoms with E-state index in [1.807, 2.05) is 6.07 Å². The van der Waals surface area contributed by atoms with Crippen LogP contribution in [-0.4, -0.2) is 29.2 Å². The van der Waals surface area contributed by atoms with Crippen LogP contribution in [0, 0.1) is 0 Å². The van der Waals surface area contributed by atoms with E-state index in [0.717, 1.165) is 5.39 Å². The number of carbonyl (C=O) groups excluding carboxylic acids is 2. The predicted molar refractivity (Wildman–Crippen MR) is 81.8 cm³/mol. The van der Waals surface area contributed by atoms with Gasteiger partial charge in [-0.15, -0.1) is 0 Å². The number of para-hydroxylation sites is 1. The number of benzene rings is 2. The van der Waals surface area contributed by atoms with Gasteiger partial charge < -0.3 is 10.1 Å². The van der Waals surface area contributed by atoms with Gasteiger partial charge in [-0.25, -0.2) is 4.79 Å². The van der Waals surface area contributed by atoms with Gasteiger partial charge in [-0.2, -0.15) is 5.10 Å². The zero-order valence-corrected chi connectivity index (χ0v) is 11.8. The summed E-state index contributed by atoms with van der Waals surface area (Å²) in [7, 11) is 1.32. The van der Waals surface area contributed by atoms with Crippen LogP contribution in [0.1, 0.15) is 20.7 Å². The minimum absolute atomic E-state index is 0.249. The van der Waals surface area contributed by atoms with Crippen molar-refractivity contribution in [2.45, 2.75) is 0 Å². The third-order valence-electron chi connectivity index (χ3n) is 3.29. The molecule has 6 nitrogen and oxygen atoms in total. The van der Waals surface area contributed by atoms with E-state index in [1.54, 1.807) is 42.6 Å². The Morgan fingerprint density at radius 3 is 2.64 bits per heavy atom. The smallest absolute Gasteiger partial charge is 0.337 e. The molecule has 3 rings (SSSR count). The van der Waals surface area contributed by atoms with Crippen molar-refractivity contribution in [3.05, 3.63) is 59.8 Å². The molecule has 0 atom stereocenters. The molecule has 22 heavy (non-hydrogen) atoms. The average Bonchev–Trinajstić information content (AvgIpc) is 3.03. The van der Waals surface area contributed by atoms with Crippen molar-refractivity contribution >= 4 is 28.5 Å². The fourth-order valence-electron chi connectivity index (χ4n) is 2.16. The number of rotatable bonds is 3. The number of fused-ring (bicyclic) bond motifs is 1. The molecule has 1 heterocycles. The Balaban J connectivity index is 1.82. The summed E-state index contributed by atoms with van der Waals surface area (Å²) in [6.07, 6.45) is 1.66. The highest BCUT2D eigenvalue weighted by atomic mass is 16.5. The topological polar surface area (TPSA) is 84.1 Å². The van der Waals surface area contributed by atoms with Crippen molar-refractivity contribution in [1.82, 2.24) is 10.2 Å². The molecule has 1 aromatic heterocycles. The zero-order chi connectivity index (χ0) is 15.5. The van der Waals surface area contributed by atoms with Crippen LogP contribution in [0.3, 0.4) is 0 Å². The first kappa shape index (κ1) is 13.8. The molecule has 0 aliphatic rings. The number of H-pyrrole nitrogens is 1. The van der Waals surface area contributed by atoms with E-state index in [9.17, 15) is 9.59 Å². The molecule has 0 aliphatic carbocycles. The number of methoxy groups -OCH3 is 1. The highest BCUT2D eigenvalue weighted by Gasteiger charge is 2.12. The maximum absolute atomic E-state index is 12.4. The number of nitrogens with zero attached hydrogens (tertiary/aromatic N) is 1. The molecule has 0 unspecified atom stereocenters. The SMILES string of the molecule is COC(=O)c1ccc(NC(=O)c2cccc3cn[nH]c23)cc1. The first-order valence-corrected chi connectivity index (χ1v) is 6.61. The number of esters is 1. The van der Waals surface area contributed by atoms with Gasteiger partial charge in [-0.1, -0.05) is 12.1 Å². The summed E-state index contributed by atoms with van der Waals surface area (Å²) in [5, 5.41) is 10.4. The molecular formula is C16H13N3O3. The van der Waals surface area contributed by atoms with E-state index in [1.165, 1.54) is 7.11 Å². The second kappa shape index (κ2) is 5.69.